The van der Waals surface area contributed by atoms with Gasteiger partial charge in [0.2, 0.25) is 0 Å². The van der Waals surface area contributed by atoms with Gasteiger partial charge < -0.3 is 19.1 Å². The van der Waals surface area contributed by atoms with Crippen LogP contribution in [0.5, 0.6) is 17.2 Å². The molecule has 0 radical (unpaired) electrons. The van der Waals surface area contributed by atoms with E-state index in [4.69, 9.17) is 14.2 Å². The van der Waals surface area contributed by atoms with Crippen LogP contribution in [0.2, 0.25) is 0 Å². The quantitative estimate of drug-likeness (QED) is 0.747. The molecule has 1 saturated heterocycles. The first-order valence-corrected chi connectivity index (χ1v) is 9.39. The maximum atomic E-state index is 12.5. The number of para-hydroxylation sites is 2. The maximum absolute atomic E-state index is 12.5. The van der Waals surface area contributed by atoms with Gasteiger partial charge >= 0.3 is 0 Å². The Morgan fingerprint density at radius 1 is 1.07 bits per heavy atom. The third-order valence-electron chi connectivity index (χ3n) is 4.80. The second-order valence-corrected chi connectivity index (χ2v) is 6.91. The normalized spacial score (nSPS) is 16.7. The highest BCUT2D eigenvalue weighted by Gasteiger charge is 2.24. The van der Waals surface area contributed by atoms with Crippen LogP contribution >= 0.6 is 0 Å². The van der Waals surface area contributed by atoms with Gasteiger partial charge in [0.15, 0.2) is 18.1 Å². The number of hydrogen-bond acceptors (Lipinski definition) is 4. The molecule has 0 aliphatic carbocycles. The topological polar surface area (TPSA) is 48.0 Å². The van der Waals surface area contributed by atoms with Gasteiger partial charge in [-0.15, -0.1) is 0 Å². The Morgan fingerprint density at radius 2 is 1.81 bits per heavy atom. The number of methoxy groups -OCH3 is 1. The van der Waals surface area contributed by atoms with E-state index < -0.39 is 0 Å². The molecule has 0 aromatic heterocycles. The lowest BCUT2D eigenvalue weighted by Crippen LogP contribution is -2.43. The minimum absolute atomic E-state index is 0.000872. The van der Waals surface area contributed by atoms with E-state index in [-0.39, 0.29) is 12.5 Å². The molecule has 2 aromatic rings. The van der Waals surface area contributed by atoms with Gasteiger partial charge in [-0.1, -0.05) is 29.8 Å². The largest absolute Gasteiger partial charge is 0.493 e. The van der Waals surface area contributed by atoms with Gasteiger partial charge in [-0.05, 0) is 44.0 Å². The first-order valence-electron chi connectivity index (χ1n) is 9.39. The van der Waals surface area contributed by atoms with Crippen molar-refractivity contribution in [2.45, 2.75) is 19.8 Å². The van der Waals surface area contributed by atoms with E-state index in [2.05, 4.69) is 6.92 Å². The van der Waals surface area contributed by atoms with Crippen LogP contribution in [0, 0.1) is 12.8 Å². The minimum atomic E-state index is 0.000872. The van der Waals surface area contributed by atoms with Crippen LogP contribution in [-0.2, 0) is 4.79 Å². The van der Waals surface area contributed by atoms with Crippen molar-refractivity contribution in [3.05, 3.63) is 54.1 Å². The van der Waals surface area contributed by atoms with Crippen LogP contribution in [0.4, 0.5) is 0 Å². The number of piperidine rings is 1. The second kappa shape index (κ2) is 9.31. The predicted octanol–water partition coefficient (Wildman–Crippen LogP) is 3.70. The SMILES string of the molecule is COc1ccccc1OCC(=O)N1CCCC(COc2ccc(C)cc2)C1. The molecule has 2 aromatic carbocycles. The molecule has 1 atom stereocenters. The summed E-state index contributed by atoms with van der Waals surface area (Å²) in [5.74, 6) is 2.44. The molecule has 1 fully saturated rings. The third kappa shape index (κ3) is 5.39. The number of rotatable bonds is 7. The number of carbonyl (C=O) groups is 1. The fraction of sp³-hybridized carbons (Fsp3) is 0.409. The molecule has 27 heavy (non-hydrogen) atoms. The Balaban J connectivity index is 1.48. The summed E-state index contributed by atoms with van der Waals surface area (Å²) in [4.78, 5) is 14.4. The number of likely N-dealkylation sites (tertiary alicyclic amines) is 1. The summed E-state index contributed by atoms with van der Waals surface area (Å²) in [6.07, 6.45) is 2.06. The highest BCUT2D eigenvalue weighted by Crippen LogP contribution is 2.26. The first kappa shape index (κ1) is 19.1. The molecular formula is C22H27NO4. The maximum Gasteiger partial charge on any atom is 0.260 e. The Labute approximate surface area is 160 Å². The minimum Gasteiger partial charge on any atom is -0.493 e. The summed E-state index contributed by atoms with van der Waals surface area (Å²) in [5.41, 5.74) is 1.21. The lowest BCUT2D eigenvalue weighted by molar-refractivity contribution is -0.135. The number of carbonyl (C=O) groups excluding carboxylic acids is 1. The Morgan fingerprint density at radius 3 is 2.56 bits per heavy atom. The summed E-state index contributed by atoms with van der Waals surface area (Å²) < 4.78 is 16.8. The molecular weight excluding hydrogens is 342 g/mol. The van der Waals surface area contributed by atoms with Crippen LogP contribution < -0.4 is 14.2 Å². The van der Waals surface area contributed by atoms with Crippen molar-refractivity contribution < 1.29 is 19.0 Å². The molecule has 5 heteroatoms. The van der Waals surface area contributed by atoms with Crippen molar-refractivity contribution in [1.82, 2.24) is 4.90 Å². The Kier molecular flexibility index (Phi) is 6.58. The molecule has 144 valence electrons. The third-order valence-corrected chi connectivity index (χ3v) is 4.80. The first-order chi connectivity index (χ1) is 13.2. The lowest BCUT2D eigenvalue weighted by Gasteiger charge is -2.32. The van der Waals surface area contributed by atoms with Gasteiger partial charge in [-0.3, -0.25) is 4.79 Å². The Hall–Kier alpha value is -2.69. The zero-order valence-electron chi connectivity index (χ0n) is 16.0. The average molecular weight is 369 g/mol. The zero-order valence-corrected chi connectivity index (χ0v) is 16.0. The number of amides is 1. The molecule has 1 amide bonds. The van der Waals surface area contributed by atoms with E-state index in [1.165, 1.54) is 5.56 Å². The highest BCUT2D eigenvalue weighted by atomic mass is 16.5. The van der Waals surface area contributed by atoms with Gasteiger partial charge in [0, 0.05) is 19.0 Å². The summed E-state index contributed by atoms with van der Waals surface area (Å²) in [6.45, 7) is 4.18. The van der Waals surface area contributed by atoms with E-state index in [9.17, 15) is 4.79 Å². The van der Waals surface area contributed by atoms with E-state index in [1.807, 2.05) is 47.4 Å². The molecule has 0 spiro atoms. The summed E-state index contributed by atoms with van der Waals surface area (Å²) >= 11 is 0. The number of aryl methyl sites for hydroxylation is 1. The van der Waals surface area contributed by atoms with E-state index in [0.717, 1.165) is 25.1 Å². The van der Waals surface area contributed by atoms with E-state index >= 15 is 0 Å². The van der Waals surface area contributed by atoms with Crippen LogP contribution in [0.3, 0.4) is 0 Å². The van der Waals surface area contributed by atoms with E-state index in [0.29, 0.717) is 30.6 Å². The van der Waals surface area contributed by atoms with Crippen LogP contribution in [-0.4, -0.2) is 44.2 Å². The van der Waals surface area contributed by atoms with Crippen molar-refractivity contribution in [1.29, 1.82) is 0 Å². The number of nitrogens with zero attached hydrogens (tertiary/aromatic N) is 1. The van der Waals surface area contributed by atoms with Crippen LogP contribution in [0.15, 0.2) is 48.5 Å². The molecule has 1 aliphatic heterocycles. The summed E-state index contributed by atoms with van der Waals surface area (Å²) in [5, 5.41) is 0. The van der Waals surface area contributed by atoms with Crippen molar-refractivity contribution in [3.8, 4) is 17.2 Å². The molecule has 0 saturated carbocycles. The summed E-state index contributed by atoms with van der Waals surface area (Å²) in [6, 6.07) is 15.4. The van der Waals surface area contributed by atoms with Gasteiger partial charge in [-0.2, -0.15) is 0 Å². The van der Waals surface area contributed by atoms with Crippen molar-refractivity contribution in [2.24, 2.45) is 5.92 Å². The van der Waals surface area contributed by atoms with Gasteiger partial charge in [0.25, 0.3) is 5.91 Å². The smallest absolute Gasteiger partial charge is 0.260 e. The molecule has 1 aliphatic rings. The van der Waals surface area contributed by atoms with Gasteiger partial charge in [-0.25, -0.2) is 0 Å². The number of benzene rings is 2. The second-order valence-electron chi connectivity index (χ2n) is 6.91. The standard InChI is InChI=1S/C22H27NO4/c1-17-9-11-19(12-10-17)26-15-18-6-5-13-23(14-18)22(24)16-27-21-8-4-3-7-20(21)25-2/h3-4,7-12,18H,5-6,13-16H2,1-2H3. The number of hydrogen-bond donors (Lipinski definition) is 0. The molecule has 1 unspecified atom stereocenters. The van der Waals surface area contributed by atoms with Crippen LogP contribution in [0.25, 0.3) is 0 Å². The van der Waals surface area contributed by atoms with Crippen molar-refractivity contribution >= 4 is 5.91 Å². The van der Waals surface area contributed by atoms with Gasteiger partial charge in [0.1, 0.15) is 5.75 Å². The zero-order chi connectivity index (χ0) is 19.1. The molecule has 0 bridgehead atoms. The lowest BCUT2D eigenvalue weighted by atomic mass is 9.99. The molecule has 0 N–H and O–H groups in total. The van der Waals surface area contributed by atoms with Crippen molar-refractivity contribution in [2.75, 3.05) is 33.4 Å². The average Bonchev–Trinajstić information content (AvgIpc) is 2.72. The molecule has 5 nitrogen and oxygen atoms in total. The molecule has 1 heterocycles. The summed E-state index contributed by atoms with van der Waals surface area (Å²) in [7, 11) is 1.59. The molecule has 3 rings (SSSR count). The highest BCUT2D eigenvalue weighted by molar-refractivity contribution is 5.78. The monoisotopic (exact) mass is 369 g/mol. The fourth-order valence-corrected chi connectivity index (χ4v) is 3.25. The van der Waals surface area contributed by atoms with E-state index in [1.54, 1.807) is 13.2 Å². The fourth-order valence-electron chi connectivity index (χ4n) is 3.25. The van der Waals surface area contributed by atoms with Gasteiger partial charge in [0.05, 0.1) is 13.7 Å². The number of ether oxygens (including phenoxy) is 3. The van der Waals surface area contributed by atoms with Crippen LogP contribution in [0.1, 0.15) is 18.4 Å². The van der Waals surface area contributed by atoms with Crippen molar-refractivity contribution in [3.63, 3.8) is 0 Å². The predicted molar refractivity (Wildman–Crippen MR) is 104 cm³/mol. The Bertz CT molecular complexity index is 744.